The van der Waals surface area contributed by atoms with E-state index in [1.54, 1.807) is 47.1 Å². The van der Waals surface area contributed by atoms with E-state index in [1.807, 2.05) is 0 Å². The number of carbonyl (C=O) groups excluding carboxylic acids is 2. The van der Waals surface area contributed by atoms with Gasteiger partial charge in [0.25, 0.3) is 0 Å². The molecule has 0 bridgehead atoms. The second kappa shape index (κ2) is 10.2. The number of nitrogens with zero attached hydrogens (tertiary/aromatic N) is 6. The summed E-state index contributed by atoms with van der Waals surface area (Å²) in [6.45, 7) is 2.67. The van der Waals surface area contributed by atoms with Crippen molar-refractivity contribution in [1.29, 1.82) is 0 Å². The third-order valence-electron chi connectivity index (χ3n) is 6.11. The first-order chi connectivity index (χ1) is 17.9. The average molecular weight is 507 g/mol. The Bertz CT molecular complexity index is 1470. The number of halogens is 2. The summed E-state index contributed by atoms with van der Waals surface area (Å²) in [7, 11) is 0. The maximum atomic E-state index is 14.4. The zero-order valence-electron chi connectivity index (χ0n) is 20.0. The molecule has 1 aliphatic heterocycles. The molecule has 0 radical (unpaired) electrons. The fraction of sp³-hybridized carbons (Fsp3) is 0.280. The van der Waals surface area contributed by atoms with E-state index < -0.39 is 17.7 Å². The van der Waals surface area contributed by atoms with Crippen molar-refractivity contribution in [3.63, 3.8) is 0 Å². The van der Waals surface area contributed by atoms with Gasteiger partial charge in [0.05, 0.1) is 23.5 Å². The number of likely N-dealkylation sites (tertiary alicyclic amines) is 1. The van der Waals surface area contributed by atoms with Crippen molar-refractivity contribution in [2.75, 3.05) is 23.7 Å². The maximum Gasteiger partial charge on any atom is 0.231 e. The van der Waals surface area contributed by atoms with Crippen molar-refractivity contribution < 1.29 is 18.4 Å². The van der Waals surface area contributed by atoms with Gasteiger partial charge >= 0.3 is 0 Å². The Balaban J connectivity index is 1.42. The van der Waals surface area contributed by atoms with Gasteiger partial charge in [0, 0.05) is 56.0 Å². The fourth-order valence-corrected chi connectivity index (χ4v) is 4.24. The topological polar surface area (TPSA) is 117 Å². The molecule has 0 unspecified atom stereocenters. The third-order valence-corrected chi connectivity index (χ3v) is 6.11. The van der Waals surface area contributed by atoms with Gasteiger partial charge in [-0.25, -0.2) is 23.3 Å². The lowest BCUT2D eigenvalue weighted by molar-refractivity contribution is -0.128. The van der Waals surface area contributed by atoms with Crippen LogP contribution in [0.1, 0.15) is 37.8 Å². The Morgan fingerprint density at radius 3 is 2.86 bits per heavy atom. The lowest BCUT2D eigenvalue weighted by Crippen LogP contribution is -2.29. The first kappa shape index (κ1) is 24.2. The predicted octanol–water partition coefficient (Wildman–Crippen LogP) is 3.59. The van der Waals surface area contributed by atoms with Crippen LogP contribution in [0, 0.1) is 11.6 Å². The molecule has 1 aromatic carbocycles. The number of hydrogen-bond donors (Lipinski definition) is 2. The normalized spacial score (nSPS) is 14.2. The van der Waals surface area contributed by atoms with Crippen molar-refractivity contribution in [3.8, 4) is 11.3 Å². The lowest BCUT2D eigenvalue weighted by atomic mass is 10.1. The molecule has 0 saturated carbocycles. The quantitative estimate of drug-likeness (QED) is 0.375. The number of benzene rings is 1. The number of hydrogen-bond acceptors (Lipinski definition) is 7. The van der Waals surface area contributed by atoms with Crippen LogP contribution >= 0.6 is 0 Å². The first-order valence-electron chi connectivity index (χ1n) is 11.8. The molecule has 1 fully saturated rings. The van der Waals surface area contributed by atoms with Crippen LogP contribution in [0.15, 0.2) is 48.9 Å². The second-order valence-corrected chi connectivity index (χ2v) is 8.72. The standard InChI is InChI=1S/C25H24F2N8O2/c1-15(17-6-5-16(26)12-19(17)27)30-21-13-20(18-14-29-35-10-3-8-28-24(18)35)31-25(32-21)33-22(36)7-11-34-9-2-4-23(34)37/h3,5-6,8,10,12-15H,2,4,7,9,11H2,1H3,(H2,30,31,32,33,36)/t15-/m0/s1. The van der Waals surface area contributed by atoms with Gasteiger partial charge in [-0.3, -0.25) is 14.9 Å². The highest BCUT2D eigenvalue weighted by atomic mass is 19.1. The average Bonchev–Trinajstić information content (AvgIpc) is 3.48. The zero-order chi connectivity index (χ0) is 25.9. The minimum atomic E-state index is -0.689. The van der Waals surface area contributed by atoms with E-state index in [9.17, 15) is 18.4 Å². The van der Waals surface area contributed by atoms with Gasteiger partial charge in [-0.05, 0) is 25.5 Å². The summed E-state index contributed by atoms with van der Waals surface area (Å²) < 4.78 is 29.3. The van der Waals surface area contributed by atoms with Crippen LogP contribution in [0.2, 0.25) is 0 Å². The largest absolute Gasteiger partial charge is 0.363 e. The molecule has 2 N–H and O–H groups in total. The van der Waals surface area contributed by atoms with E-state index in [-0.39, 0.29) is 29.7 Å². The van der Waals surface area contributed by atoms with Gasteiger partial charge in [-0.15, -0.1) is 0 Å². The Morgan fingerprint density at radius 2 is 2.08 bits per heavy atom. The third kappa shape index (κ3) is 5.37. The zero-order valence-corrected chi connectivity index (χ0v) is 20.0. The van der Waals surface area contributed by atoms with Crippen molar-refractivity contribution in [1.82, 2.24) is 29.5 Å². The highest BCUT2D eigenvalue weighted by Gasteiger charge is 2.21. The molecule has 1 saturated heterocycles. The molecule has 4 aromatic rings. The molecule has 3 aromatic heterocycles. The number of anilines is 2. The van der Waals surface area contributed by atoms with Crippen LogP contribution in [0.4, 0.5) is 20.5 Å². The molecule has 12 heteroatoms. The molecule has 5 rings (SSSR count). The molecule has 1 aliphatic rings. The van der Waals surface area contributed by atoms with Crippen LogP contribution in [0.3, 0.4) is 0 Å². The van der Waals surface area contributed by atoms with Gasteiger partial charge in [0.2, 0.25) is 17.8 Å². The molecule has 1 atom stereocenters. The summed E-state index contributed by atoms with van der Waals surface area (Å²) in [5, 5.41) is 10.1. The van der Waals surface area contributed by atoms with Crippen LogP contribution < -0.4 is 10.6 Å². The Labute approximate surface area is 210 Å². The summed E-state index contributed by atoms with van der Waals surface area (Å²) in [6.07, 6.45) is 6.36. The van der Waals surface area contributed by atoms with Crippen molar-refractivity contribution in [2.24, 2.45) is 0 Å². The van der Waals surface area contributed by atoms with E-state index in [1.165, 1.54) is 12.1 Å². The summed E-state index contributed by atoms with van der Waals surface area (Å²) in [6, 6.07) is 6.18. The smallest absolute Gasteiger partial charge is 0.231 e. The maximum absolute atomic E-state index is 14.4. The molecule has 2 amide bonds. The van der Waals surface area contributed by atoms with E-state index in [0.29, 0.717) is 42.2 Å². The second-order valence-electron chi connectivity index (χ2n) is 8.72. The molecular formula is C25H24F2N8O2. The monoisotopic (exact) mass is 506 g/mol. The van der Waals surface area contributed by atoms with Crippen molar-refractivity contribution in [2.45, 2.75) is 32.2 Å². The van der Waals surface area contributed by atoms with Crippen LogP contribution in [0.5, 0.6) is 0 Å². The van der Waals surface area contributed by atoms with Gasteiger partial charge in [0.1, 0.15) is 17.5 Å². The summed E-state index contributed by atoms with van der Waals surface area (Å²) in [4.78, 5) is 39.4. The molecule has 190 valence electrons. The Morgan fingerprint density at radius 1 is 1.22 bits per heavy atom. The highest BCUT2D eigenvalue weighted by molar-refractivity contribution is 5.90. The van der Waals surface area contributed by atoms with E-state index in [0.717, 1.165) is 12.5 Å². The molecule has 10 nitrogen and oxygen atoms in total. The summed E-state index contributed by atoms with van der Waals surface area (Å²) in [5.74, 6) is -1.33. The predicted molar refractivity (Wildman–Crippen MR) is 131 cm³/mol. The van der Waals surface area contributed by atoms with Crippen LogP contribution in [-0.2, 0) is 9.59 Å². The molecule has 37 heavy (non-hydrogen) atoms. The fourth-order valence-electron chi connectivity index (χ4n) is 4.24. The minimum Gasteiger partial charge on any atom is -0.363 e. The van der Waals surface area contributed by atoms with E-state index in [4.69, 9.17) is 0 Å². The van der Waals surface area contributed by atoms with E-state index >= 15 is 0 Å². The van der Waals surface area contributed by atoms with E-state index in [2.05, 4.69) is 30.7 Å². The lowest BCUT2D eigenvalue weighted by Gasteiger charge is -2.17. The van der Waals surface area contributed by atoms with Crippen LogP contribution in [0.25, 0.3) is 16.9 Å². The molecule has 0 aliphatic carbocycles. The number of aromatic nitrogens is 5. The number of rotatable bonds is 8. The first-order valence-corrected chi connectivity index (χ1v) is 11.8. The van der Waals surface area contributed by atoms with Gasteiger partial charge < -0.3 is 10.2 Å². The number of amides is 2. The molecule has 0 spiro atoms. The van der Waals surface area contributed by atoms with Crippen molar-refractivity contribution in [3.05, 3.63) is 66.1 Å². The number of fused-ring (bicyclic) bond motifs is 1. The van der Waals surface area contributed by atoms with Gasteiger partial charge in [-0.1, -0.05) is 6.07 Å². The molecule has 4 heterocycles. The summed E-state index contributed by atoms with van der Waals surface area (Å²) in [5.41, 5.74) is 1.84. The number of nitrogens with one attached hydrogen (secondary N) is 2. The SMILES string of the molecule is C[C@H](Nc1cc(-c2cnn3cccnc23)nc(NC(=O)CCN2CCCC2=O)n1)c1ccc(F)cc1F. The minimum absolute atomic E-state index is 0.0276. The molecular weight excluding hydrogens is 482 g/mol. The van der Waals surface area contributed by atoms with Gasteiger partial charge in [-0.2, -0.15) is 10.1 Å². The van der Waals surface area contributed by atoms with Crippen LogP contribution in [-0.4, -0.2) is 54.4 Å². The van der Waals surface area contributed by atoms with Gasteiger partial charge in [0.15, 0.2) is 5.65 Å². The Hall–Kier alpha value is -4.48. The summed E-state index contributed by atoms with van der Waals surface area (Å²) >= 11 is 0. The highest BCUT2D eigenvalue weighted by Crippen LogP contribution is 2.27. The Kier molecular flexibility index (Phi) is 6.71. The van der Waals surface area contributed by atoms with Crippen molar-refractivity contribution >= 4 is 29.2 Å². The number of carbonyl (C=O) groups is 2.